The number of hydrogen-bond donors (Lipinski definition) is 3. The molecule has 11 nitrogen and oxygen atoms in total. The van der Waals surface area contributed by atoms with Gasteiger partial charge in [-0.05, 0) is 18.2 Å². The topological polar surface area (TPSA) is 159 Å². The van der Waals surface area contributed by atoms with Crippen molar-refractivity contribution in [3.63, 3.8) is 0 Å². The predicted molar refractivity (Wildman–Crippen MR) is 128 cm³/mol. The van der Waals surface area contributed by atoms with Gasteiger partial charge in [-0.25, -0.2) is 10.5 Å². The van der Waals surface area contributed by atoms with E-state index >= 15 is 0 Å². The van der Waals surface area contributed by atoms with Gasteiger partial charge in [0.15, 0.2) is 6.04 Å². The molecule has 1 aromatic heterocycles. The van der Waals surface area contributed by atoms with Crippen LogP contribution < -0.4 is 16.3 Å². The Hall–Kier alpha value is -5.19. The number of benzene rings is 3. The van der Waals surface area contributed by atoms with Gasteiger partial charge in [0.25, 0.3) is 23.1 Å². The van der Waals surface area contributed by atoms with Crippen LogP contribution in [0.3, 0.4) is 0 Å². The Kier molecular flexibility index (Phi) is 6.68. The molecule has 2 amide bonds. The normalized spacial score (nSPS) is 11.8. The second kappa shape index (κ2) is 10.2. The summed E-state index contributed by atoms with van der Waals surface area (Å²) < 4.78 is 0. The minimum atomic E-state index is -1.31. The van der Waals surface area contributed by atoms with Gasteiger partial charge >= 0.3 is 0 Å². The number of aromatic amines is 1. The number of rotatable bonds is 7. The molecular formula is C24H18N6O5. The molecule has 0 saturated heterocycles. The molecule has 1 atom stereocenters. The summed E-state index contributed by atoms with van der Waals surface area (Å²) in [5, 5.41) is 24.5. The summed E-state index contributed by atoms with van der Waals surface area (Å²) in [6.07, 6.45) is 1.24. The highest BCUT2D eigenvalue weighted by Crippen LogP contribution is 2.20. The molecule has 0 aliphatic carbocycles. The van der Waals surface area contributed by atoms with E-state index in [0.29, 0.717) is 21.9 Å². The average molecular weight is 470 g/mol. The van der Waals surface area contributed by atoms with Crippen LogP contribution in [0.15, 0.2) is 88.8 Å². The van der Waals surface area contributed by atoms with Crippen molar-refractivity contribution in [1.82, 2.24) is 20.9 Å². The number of hydrazone groups is 1. The number of hydrogen-bond acceptors (Lipinski definition) is 7. The van der Waals surface area contributed by atoms with E-state index in [1.54, 1.807) is 60.7 Å². The maximum atomic E-state index is 13.1. The first-order chi connectivity index (χ1) is 16.9. The lowest BCUT2D eigenvalue weighted by Gasteiger charge is -2.18. The van der Waals surface area contributed by atoms with E-state index in [4.69, 9.17) is 0 Å². The van der Waals surface area contributed by atoms with Gasteiger partial charge in [0.05, 0.1) is 16.5 Å². The van der Waals surface area contributed by atoms with Crippen molar-refractivity contribution in [3.8, 4) is 0 Å². The lowest BCUT2D eigenvalue weighted by atomic mass is 10.0. The Morgan fingerprint density at radius 3 is 2.46 bits per heavy atom. The minimum absolute atomic E-state index is 0.118. The van der Waals surface area contributed by atoms with Crippen LogP contribution in [-0.2, 0) is 4.79 Å². The number of nitro benzene ring substituents is 1. The zero-order chi connectivity index (χ0) is 24.8. The lowest BCUT2D eigenvalue weighted by molar-refractivity contribution is -0.384. The van der Waals surface area contributed by atoms with Gasteiger partial charge in [0, 0.05) is 28.6 Å². The summed E-state index contributed by atoms with van der Waals surface area (Å²) in [4.78, 5) is 48.6. The second-order valence-electron chi connectivity index (χ2n) is 7.34. The van der Waals surface area contributed by atoms with E-state index in [-0.39, 0.29) is 11.4 Å². The van der Waals surface area contributed by atoms with Crippen molar-refractivity contribution in [1.29, 1.82) is 0 Å². The van der Waals surface area contributed by atoms with Crippen molar-refractivity contribution in [2.45, 2.75) is 6.04 Å². The van der Waals surface area contributed by atoms with Gasteiger partial charge in [0.2, 0.25) is 0 Å². The molecule has 0 radical (unpaired) electrons. The molecule has 3 aromatic carbocycles. The Bertz CT molecular complexity index is 1500. The molecule has 11 heteroatoms. The highest BCUT2D eigenvalue weighted by atomic mass is 16.6. The van der Waals surface area contributed by atoms with Gasteiger partial charge < -0.3 is 5.32 Å². The number of carbonyl (C=O) groups is 2. The first-order valence-electron chi connectivity index (χ1n) is 10.3. The molecule has 0 spiro atoms. The maximum Gasteiger partial charge on any atom is 0.272 e. The number of nitro groups is 1. The Labute approximate surface area is 197 Å². The summed E-state index contributed by atoms with van der Waals surface area (Å²) in [5.41, 5.74) is 2.58. The minimum Gasteiger partial charge on any atom is -0.335 e. The van der Waals surface area contributed by atoms with Gasteiger partial charge in [0.1, 0.15) is 5.69 Å². The Morgan fingerprint density at radius 2 is 1.71 bits per heavy atom. The van der Waals surface area contributed by atoms with Crippen molar-refractivity contribution in [3.05, 3.63) is 116 Å². The van der Waals surface area contributed by atoms with Crippen LogP contribution in [0.4, 0.5) is 5.69 Å². The third-order valence-electron chi connectivity index (χ3n) is 5.04. The number of aromatic nitrogens is 2. The molecule has 4 aromatic rings. The van der Waals surface area contributed by atoms with Crippen LogP contribution in [0.1, 0.15) is 27.7 Å². The standard InChI is InChI=1S/C24H18N6O5/c31-22(16-8-2-1-3-9-16)26-21(20-18-11-4-5-12-19(18)23(32)29-27-20)24(33)28-25-14-15-7-6-10-17(13-15)30(34)35/h1-14,21H,(H,26,31)(H,28,33)(H,29,32)/t21-/m1/s1. The molecule has 0 bridgehead atoms. The Balaban J connectivity index is 1.65. The summed E-state index contributed by atoms with van der Waals surface area (Å²) >= 11 is 0. The smallest absolute Gasteiger partial charge is 0.272 e. The van der Waals surface area contributed by atoms with Crippen molar-refractivity contribution in [2.24, 2.45) is 5.10 Å². The predicted octanol–water partition coefficient (Wildman–Crippen LogP) is 2.45. The molecule has 174 valence electrons. The largest absolute Gasteiger partial charge is 0.335 e. The first kappa shape index (κ1) is 23.0. The van der Waals surface area contributed by atoms with Gasteiger partial charge in [-0.3, -0.25) is 24.5 Å². The van der Waals surface area contributed by atoms with Crippen LogP contribution in [0, 0.1) is 10.1 Å². The Morgan fingerprint density at radius 1 is 1.00 bits per heavy atom. The maximum absolute atomic E-state index is 13.1. The zero-order valence-electron chi connectivity index (χ0n) is 18.0. The van der Waals surface area contributed by atoms with Crippen molar-refractivity contribution in [2.75, 3.05) is 0 Å². The third kappa shape index (κ3) is 5.25. The molecule has 1 heterocycles. The van der Waals surface area contributed by atoms with E-state index in [9.17, 15) is 24.5 Å². The van der Waals surface area contributed by atoms with Crippen LogP contribution in [0.5, 0.6) is 0 Å². The fraction of sp³-hybridized carbons (Fsp3) is 0.0417. The van der Waals surface area contributed by atoms with Crippen LogP contribution in [-0.4, -0.2) is 33.1 Å². The van der Waals surface area contributed by atoms with Crippen molar-refractivity contribution < 1.29 is 14.5 Å². The highest BCUT2D eigenvalue weighted by molar-refractivity contribution is 5.99. The van der Waals surface area contributed by atoms with Crippen LogP contribution in [0.2, 0.25) is 0 Å². The number of nitrogens with zero attached hydrogens (tertiary/aromatic N) is 3. The number of non-ortho nitro benzene ring substituents is 1. The number of amides is 2. The second-order valence-corrected chi connectivity index (χ2v) is 7.34. The third-order valence-corrected chi connectivity index (χ3v) is 5.04. The quantitative estimate of drug-likeness (QED) is 0.214. The van der Waals surface area contributed by atoms with Gasteiger partial charge in [-0.15, -0.1) is 0 Å². The SMILES string of the molecule is O=C(N[C@@H](C(=O)NN=Cc1cccc([N+](=O)[O-])c1)c1n[nH]c(=O)c2ccccc12)c1ccccc1. The molecule has 0 saturated carbocycles. The number of nitrogens with one attached hydrogen (secondary N) is 3. The molecule has 3 N–H and O–H groups in total. The van der Waals surface area contributed by atoms with E-state index < -0.39 is 28.3 Å². The molecule has 0 unspecified atom stereocenters. The first-order valence-corrected chi connectivity index (χ1v) is 10.3. The average Bonchev–Trinajstić information content (AvgIpc) is 2.88. The van der Waals surface area contributed by atoms with Crippen LogP contribution >= 0.6 is 0 Å². The zero-order valence-corrected chi connectivity index (χ0v) is 18.0. The van der Waals surface area contributed by atoms with E-state index in [2.05, 4.69) is 26.0 Å². The number of carbonyl (C=O) groups excluding carboxylic acids is 2. The monoisotopic (exact) mass is 470 g/mol. The van der Waals surface area contributed by atoms with E-state index in [1.807, 2.05) is 0 Å². The fourth-order valence-corrected chi connectivity index (χ4v) is 3.37. The summed E-state index contributed by atoms with van der Waals surface area (Å²) in [7, 11) is 0. The highest BCUT2D eigenvalue weighted by Gasteiger charge is 2.27. The summed E-state index contributed by atoms with van der Waals surface area (Å²) in [5.74, 6) is -1.27. The van der Waals surface area contributed by atoms with Gasteiger partial charge in [-0.1, -0.05) is 48.5 Å². The van der Waals surface area contributed by atoms with E-state index in [1.165, 1.54) is 24.4 Å². The van der Waals surface area contributed by atoms with Gasteiger partial charge in [-0.2, -0.15) is 10.2 Å². The molecular weight excluding hydrogens is 452 g/mol. The number of H-pyrrole nitrogens is 1. The lowest BCUT2D eigenvalue weighted by Crippen LogP contribution is -2.40. The number of fused-ring (bicyclic) bond motifs is 1. The molecule has 0 aliphatic heterocycles. The molecule has 0 aliphatic rings. The molecule has 4 rings (SSSR count). The van der Waals surface area contributed by atoms with E-state index in [0.717, 1.165) is 0 Å². The fourth-order valence-electron chi connectivity index (χ4n) is 3.37. The summed E-state index contributed by atoms with van der Waals surface area (Å²) in [6, 6.07) is 19.2. The molecule has 0 fully saturated rings. The van der Waals surface area contributed by atoms with Crippen LogP contribution in [0.25, 0.3) is 10.8 Å². The van der Waals surface area contributed by atoms with Crippen molar-refractivity contribution >= 4 is 34.5 Å². The molecule has 35 heavy (non-hydrogen) atoms. The summed E-state index contributed by atoms with van der Waals surface area (Å²) in [6.45, 7) is 0.